The molecule has 0 spiro atoms. The van der Waals surface area contributed by atoms with Gasteiger partial charge in [-0.15, -0.1) is 0 Å². The highest BCUT2D eigenvalue weighted by molar-refractivity contribution is 5.49. The van der Waals surface area contributed by atoms with E-state index >= 15 is 0 Å². The van der Waals surface area contributed by atoms with Crippen LogP contribution in [0.5, 0.6) is 0 Å². The molecule has 2 fully saturated rings. The van der Waals surface area contributed by atoms with Gasteiger partial charge in [0.2, 0.25) is 6.41 Å². The summed E-state index contributed by atoms with van der Waals surface area (Å²) in [6.45, 7) is 12.8. The predicted octanol–water partition coefficient (Wildman–Crippen LogP) is 5.36. The summed E-state index contributed by atoms with van der Waals surface area (Å²) in [6.07, 6.45) is 5.27. The van der Waals surface area contributed by atoms with Crippen LogP contribution in [0.4, 0.5) is 5.69 Å². The third-order valence-electron chi connectivity index (χ3n) is 6.91. The van der Waals surface area contributed by atoms with Crippen molar-refractivity contribution in [3.05, 3.63) is 65.2 Å². The van der Waals surface area contributed by atoms with E-state index in [0.29, 0.717) is 11.8 Å². The van der Waals surface area contributed by atoms with E-state index in [2.05, 4.69) is 72.6 Å². The Kier molecular flexibility index (Phi) is 12.9. The van der Waals surface area contributed by atoms with E-state index in [9.17, 15) is 9.90 Å². The molecule has 4 rings (SSSR count). The smallest absolute Gasteiger partial charge is 0.209 e. The van der Waals surface area contributed by atoms with Crippen molar-refractivity contribution in [2.75, 3.05) is 38.1 Å². The van der Waals surface area contributed by atoms with Crippen LogP contribution in [0.3, 0.4) is 0 Å². The maximum atomic E-state index is 10.7. The quantitative estimate of drug-likeness (QED) is 0.523. The summed E-state index contributed by atoms with van der Waals surface area (Å²) in [5, 5.41) is 13.2. The van der Waals surface area contributed by atoms with Gasteiger partial charge >= 0.3 is 0 Å². The van der Waals surface area contributed by atoms with Gasteiger partial charge in [-0.25, -0.2) is 0 Å². The lowest BCUT2D eigenvalue weighted by Gasteiger charge is -2.29. The third kappa shape index (κ3) is 8.97. The van der Waals surface area contributed by atoms with Gasteiger partial charge in [0.25, 0.3) is 0 Å². The van der Waals surface area contributed by atoms with Crippen molar-refractivity contribution in [1.82, 2.24) is 10.2 Å². The molecule has 2 N–H and O–H groups in total. The van der Waals surface area contributed by atoms with E-state index in [1.165, 1.54) is 22.4 Å². The van der Waals surface area contributed by atoms with Gasteiger partial charge in [-0.1, -0.05) is 63.6 Å². The van der Waals surface area contributed by atoms with Crippen molar-refractivity contribution < 1.29 is 9.90 Å². The summed E-state index contributed by atoms with van der Waals surface area (Å²) < 4.78 is 0. The van der Waals surface area contributed by atoms with Gasteiger partial charge in [0.1, 0.15) is 0 Å². The lowest BCUT2D eigenvalue weighted by atomic mass is 9.89. The number of hydrogen-bond donors (Lipinski definition) is 2. The predicted molar refractivity (Wildman–Crippen MR) is 148 cm³/mol. The Bertz CT molecular complexity index is 864. The normalized spacial score (nSPS) is 19.9. The minimum atomic E-state index is -0.152. The maximum absolute atomic E-state index is 10.7. The van der Waals surface area contributed by atoms with E-state index in [1.807, 2.05) is 25.8 Å². The highest BCUT2D eigenvalue weighted by Gasteiger charge is 2.30. The first kappa shape index (κ1) is 28.9. The SMILES string of the molecule is CC.CCCC1CN(c2cccc(C)c2)CC1O.CNCc1cccc(C2CCN(C=O)CC2)c1. The number of carbonyl (C=O) groups excluding carboxylic acids is 1. The molecule has 2 aliphatic heterocycles. The van der Waals surface area contributed by atoms with E-state index in [-0.39, 0.29) is 6.10 Å². The van der Waals surface area contributed by atoms with Crippen LogP contribution in [-0.2, 0) is 11.3 Å². The highest BCUT2D eigenvalue weighted by atomic mass is 16.3. The van der Waals surface area contributed by atoms with Crippen LogP contribution in [0.15, 0.2) is 48.5 Å². The molecule has 5 nitrogen and oxygen atoms in total. The van der Waals surface area contributed by atoms with Gasteiger partial charge in [0.05, 0.1) is 6.10 Å². The third-order valence-corrected chi connectivity index (χ3v) is 6.91. The number of nitrogens with one attached hydrogen (secondary N) is 1. The molecule has 2 aliphatic rings. The molecule has 2 aromatic carbocycles. The molecule has 2 aromatic rings. The molecule has 5 heteroatoms. The van der Waals surface area contributed by atoms with E-state index in [1.54, 1.807) is 0 Å². The molecule has 194 valence electrons. The summed E-state index contributed by atoms with van der Waals surface area (Å²) >= 11 is 0. The van der Waals surface area contributed by atoms with E-state index < -0.39 is 0 Å². The molecule has 1 amide bonds. The summed E-state index contributed by atoms with van der Waals surface area (Å²) in [6, 6.07) is 17.3. The van der Waals surface area contributed by atoms with Crippen molar-refractivity contribution in [1.29, 1.82) is 0 Å². The lowest BCUT2D eigenvalue weighted by Crippen LogP contribution is -2.31. The number of hydrogen-bond acceptors (Lipinski definition) is 4. The minimum Gasteiger partial charge on any atom is -0.391 e. The molecule has 35 heavy (non-hydrogen) atoms. The molecular formula is C30H47N3O2. The van der Waals surface area contributed by atoms with Gasteiger partial charge in [-0.3, -0.25) is 4.79 Å². The van der Waals surface area contributed by atoms with Gasteiger partial charge in [0, 0.05) is 44.3 Å². The number of nitrogens with zero attached hydrogens (tertiary/aromatic N) is 2. The summed E-state index contributed by atoms with van der Waals surface area (Å²) in [5.74, 6) is 1.06. The number of piperidine rings is 1. The van der Waals surface area contributed by atoms with Crippen molar-refractivity contribution >= 4 is 12.1 Å². The Morgan fingerprint density at radius 3 is 2.40 bits per heavy atom. The molecule has 2 saturated heterocycles. The zero-order chi connectivity index (χ0) is 25.6. The number of likely N-dealkylation sites (tertiary alicyclic amines) is 1. The molecule has 0 aliphatic carbocycles. The first-order chi connectivity index (χ1) is 17.0. The van der Waals surface area contributed by atoms with Crippen LogP contribution in [-0.4, -0.2) is 55.7 Å². The number of anilines is 1. The molecule has 2 atom stereocenters. The zero-order valence-electron chi connectivity index (χ0n) is 22.5. The van der Waals surface area contributed by atoms with Crippen LogP contribution >= 0.6 is 0 Å². The average molecular weight is 482 g/mol. The molecule has 2 unspecified atom stereocenters. The summed E-state index contributed by atoms with van der Waals surface area (Å²) in [7, 11) is 1.97. The standard InChI is InChI=1S/C14H20N2O.C14H21NO.C2H6/c1-15-10-12-3-2-4-14(9-12)13-5-7-16(11-17)8-6-13;1-3-5-12-9-15(10-14(12)16)13-7-4-6-11(2)8-13;1-2/h2-4,9,11,13,15H,5-8,10H2,1H3;4,6-8,12,14,16H,3,5,9-10H2,1-2H3;1-2H3. The van der Waals surface area contributed by atoms with Crippen molar-refractivity contribution in [2.45, 2.75) is 71.9 Å². The Hall–Kier alpha value is -2.37. The number of β-amino-alcohol motifs (C(OH)–C–C–N with tert-alkyl or cyclic N) is 1. The van der Waals surface area contributed by atoms with Crippen LogP contribution < -0.4 is 10.2 Å². The fourth-order valence-electron chi connectivity index (χ4n) is 5.04. The van der Waals surface area contributed by atoms with Crippen LogP contribution in [0.25, 0.3) is 0 Å². The monoisotopic (exact) mass is 481 g/mol. The second-order valence-electron chi connectivity index (χ2n) is 9.55. The van der Waals surface area contributed by atoms with Crippen molar-refractivity contribution in [2.24, 2.45) is 5.92 Å². The fourth-order valence-corrected chi connectivity index (χ4v) is 5.04. The van der Waals surface area contributed by atoms with Crippen molar-refractivity contribution in [3.63, 3.8) is 0 Å². The van der Waals surface area contributed by atoms with Crippen LogP contribution in [0.1, 0.15) is 69.1 Å². The number of benzene rings is 2. The first-order valence-corrected chi connectivity index (χ1v) is 13.5. The van der Waals surface area contributed by atoms with Gasteiger partial charge in [0.15, 0.2) is 0 Å². The van der Waals surface area contributed by atoms with Crippen LogP contribution in [0.2, 0.25) is 0 Å². The molecule has 0 aromatic heterocycles. The van der Waals surface area contributed by atoms with E-state index in [4.69, 9.17) is 0 Å². The Labute approximate surface area is 213 Å². The number of rotatable bonds is 7. The zero-order valence-corrected chi connectivity index (χ0v) is 22.5. The van der Waals surface area contributed by atoms with E-state index in [0.717, 1.165) is 64.8 Å². The minimum absolute atomic E-state index is 0.152. The van der Waals surface area contributed by atoms with Crippen molar-refractivity contribution in [3.8, 4) is 0 Å². The summed E-state index contributed by atoms with van der Waals surface area (Å²) in [5.41, 5.74) is 5.29. The molecule has 0 saturated carbocycles. The lowest BCUT2D eigenvalue weighted by molar-refractivity contribution is -0.119. The number of aliphatic hydroxyl groups excluding tert-OH is 1. The molecular weight excluding hydrogens is 434 g/mol. The van der Waals surface area contributed by atoms with Gasteiger partial charge in [-0.2, -0.15) is 0 Å². The maximum Gasteiger partial charge on any atom is 0.209 e. The average Bonchev–Trinajstić information content (AvgIpc) is 3.26. The second-order valence-corrected chi connectivity index (χ2v) is 9.55. The number of aliphatic hydroxyl groups is 1. The summed E-state index contributed by atoms with van der Waals surface area (Å²) in [4.78, 5) is 14.8. The molecule has 2 heterocycles. The second kappa shape index (κ2) is 15.6. The fraction of sp³-hybridized carbons (Fsp3) is 0.567. The number of carbonyl (C=O) groups is 1. The molecule has 0 radical (unpaired) electrons. The molecule has 0 bridgehead atoms. The Morgan fingerprint density at radius 2 is 1.77 bits per heavy atom. The highest BCUT2D eigenvalue weighted by Crippen LogP contribution is 2.28. The van der Waals surface area contributed by atoms with Gasteiger partial charge < -0.3 is 20.2 Å². The largest absolute Gasteiger partial charge is 0.391 e. The van der Waals surface area contributed by atoms with Crippen LogP contribution in [0, 0.1) is 12.8 Å². The first-order valence-electron chi connectivity index (χ1n) is 13.5. The van der Waals surface area contributed by atoms with Gasteiger partial charge in [-0.05, 0) is 68.0 Å². The number of aryl methyl sites for hydroxylation is 1. The Balaban J connectivity index is 0.000000231. The number of amides is 1. The topological polar surface area (TPSA) is 55.8 Å². The Morgan fingerprint density at radius 1 is 1.06 bits per heavy atom.